The SMILES string of the molecule is COc1ccc(CCN(C)CC(=O)c2c[nH]c3ccccc23)cc1OC. The molecule has 0 unspecified atom stereocenters. The van der Waals surface area contributed by atoms with Gasteiger partial charge in [-0.15, -0.1) is 0 Å². The average molecular weight is 352 g/mol. The van der Waals surface area contributed by atoms with Gasteiger partial charge in [0.05, 0.1) is 20.8 Å². The number of likely N-dealkylation sites (N-methyl/N-ethyl adjacent to an activating group) is 1. The molecule has 0 amide bonds. The fourth-order valence-corrected chi connectivity index (χ4v) is 3.07. The number of fused-ring (bicyclic) bond motifs is 1. The second-order valence-electron chi connectivity index (χ2n) is 6.35. The highest BCUT2D eigenvalue weighted by Crippen LogP contribution is 2.27. The number of nitrogens with one attached hydrogen (secondary N) is 1. The predicted molar refractivity (Wildman–Crippen MR) is 103 cm³/mol. The van der Waals surface area contributed by atoms with Crippen LogP contribution in [0.15, 0.2) is 48.7 Å². The largest absolute Gasteiger partial charge is 0.493 e. The van der Waals surface area contributed by atoms with Gasteiger partial charge in [0.25, 0.3) is 0 Å². The lowest BCUT2D eigenvalue weighted by molar-refractivity contribution is 0.0948. The number of benzene rings is 2. The summed E-state index contributed by atoms with van der Waals surface area (Å²) in [5.41, 5.74) is 2.89. The quantitative estimate of drug-likeness (QED) is 0.630. The molecule has 0 radical (unpaired) electrons. The summed E-state index contributed by atoms with van der Waals surface area (Å²) in [7, 11) is 5.22. The zero-order valence-electron chi connectivity index (χ0n) is 15.4. The summed E-state index contributed by atoms with van der Waals surface area (Å²) >= 11 is 0. The molecule has 0 aliphatic rings. The first kappa shape index (κ1) is 18.0. The number of carbonyl (C=O) groups excluding carboxylic acids is 1. The van der Waals surface area contributed by atoms with E-state index in [1.54, 1.807) is 20.4 Å². The van der Waals surface area contributed by atoms with Gasteiger partial charge in [0, 0.05) is 29.2 Å². The number of para-hydroxylation sites is 1. The Balaban J connectivity index is 1.60. The van der Waals surface area contributed by atoms with Crippen molar-refractivity contribution in [1.29, 1.82) is 0 Å². The summed E-state index contributed by atoms with van der Waals surface area (Å²) in [6, 6.07) is 13.8. The highest BCUT2D eigenvalue weighted by atomic mass is 16.5. The molecule has 1 N–H and O–H groups in total. The van der Waals surface area contributed by atoms with Gasteiger partial charge in [-0.2, -0.15) is 0 Å². The number of aromatic nitrogens is 1. The molecule has 0 saturated carbocycles. The molecule has 2 aromatic carbocycles. The molecule has 0 fully saturated rings. The lowest BCUT2D eigenvalue weighted by atomic mass is 10.1. The number of methoxy groups -OCH3 is 2. The van der Waals surface area contributed by atoms with Crippen LogP contribution in [0, 0.1) is 0 Å². The normalized spacial score (nSPS) is 11.1. The van der Waals surface area contributed by atoms with Gasteiger partial charge in [0.15, 0.2) is 17.3 Å². The predicted octanol–water partition coefficient (Wildman–Crippen LogP) is 3.54. The second-order valence-corrected chi connectivity index (χ2v) is 6.35. The summed E-state index contributed by atoms with van der Waals surface area (Å²) in [6.45, 7) is 1.17. The summed E-state index contributed by atoms with van der Waals surface area (Å²) in [4.78, 5) is 17.8. The number of carbonyl (C=O) groups is 1. The lowest BCUT2D eigenvalue weighted by Crippen LogP contribution is -2.28. The second kappa shape index (κ2) is 8.06. The van der Waals surface area contributed by atoms with Crippen LogP contribution in [0.25, 0.3) is 10.9 Å². The van der Waals surface area contributed by atoms with Crippen molar-refractivity contribution in [2.75, 3.05) is 34.4 Å². The van der Waals surface area contributed by atoms with Crippen LogP contribution >= 0.6 is 0 Å². The maximum Gasteiger partial charge on any atom is 0.178 e. The Kier molecular flexibility index (Phi) is 5.58. The van der Waals surface area contributed by atoms with Crippen molar-refractivity contribution in [2.45, 2.75) is 6.42 Å². The van der Waals surface area contributed by atoms with Crippen LogP contribution in [0.1, 0.15) is 15.9 Å². The number of hydrogen-bond donors (Lipinski definition) is 1. The van der Waals surface area contributed by atoms with Crippen molar-refractivity contribution in [3.05, 3.63) is 59.8 Å². The van der Waals surface area contributed by atoms with Crippen LogP contribution in [0.4, 0.5) is 0 Å². The maximum atomic E-state index is 12.6. The number of hydrogen-bond acceptors (Lipinski definition) is 4. The first-order valence-electron chi connectivity index (χ1n) is 8.61. The van der Waals surface area contributed by atoms with E-state index in [-0.39, 0.29) is 5.78 Å². The topological polar surface area (TPSA) is 54.6 Å². The van der Waals surface area contributed by atoms with Gasteiger partial charge in [-0.25, -0.2) is 0 Å². The van der Waals surface area contributed by atoms with E-state index in [2.05, 4.69) is 4.98 Å². The number of H-pyrrole nitrogens is 1. The standard InChI is InChI=1S/C21H24N2O3/c1-23(11-10-15-8-9-20(25-2)21(12-15)26-3)14-19(24)17-13-22-18-7-5-4-6-16(17)18/h4-9,12-13,22H,10-11,14H2,1-3H3. The molecule has 0 saturated heterocycles. The number of nitrogens with zero attached hydrogens (tertiary/aromatic N) is 1. The molecule has 0 aliphatic heterocycles. The molecule has 136 valence electrons. The fraction of sp³-hybridized carbons (Fsp3) is 0.286. The average Bonchev–Trinajstić information content (AvgIpc) is 3.10. The van der Waals surface area contributed by atoms with Crippen molar-refractivity contribution in [3.63, 3.8) is 0 Å². The lowest BCUT2D eigenvalue weighted by Gasteiger charge is -2.16. The Morgan fingerprint density at radius 3 is 2.62 bits per heavy atom. The van der Waals surface area contributed by atoms with Gasteiger partial charge >= 0.3 is 0 Å². The van der Waals surface area contributed by atoms with Gasteiger partial charge in [-0.05, 0) is 37.2 Å². The van der Waals surface area contributed by atoms with Crippen molar-refractivity contribution in [1.82, 2.24) is 9.88 Å². The minimum absolute atomic E-state index is 0.122. The first-order chi connectivity index (χ1) is 12.6. The Morgan fingerprint density at radius 2 is 1.85 bits per heavy atom. The zero-order valence-corrected chi connectivity index (χ0v) is 15.4. The molecule has 0 aliphatic carbocycles. The minimum Gasteiger partial charge on any atom is -0.493 e. The van der Waals surface area contributed by atoms with E-state index in [4.69, 9.17) is 9.47 Å². The van der Waals surface area contributed by atoms with Gasteiger partial charge < -0.3 is 14.5 Å². The maximum absolute atomic E-state index is 12.6. The highest BCUT2D eigenvalue weighted by molar-refractivity contribution is 6.08. The summed E-state index contributed by atoms with van der Waals surface area (Å²) in [6.07, 6.45) is 2.63. The van der Waals surface area contributed by atoms with E-state index in [1.165, 1.54) is 0 Å². The zero-order chi connectivity index (χ0) is 18.5. The van der Waals surface area contributed by atoms with E-state index in [0.29, 0.717) is 6.54 Å². The molecule has 0 bridgehead atoms. The molecule has 3 aromatic rings. The van der Waals surface area contributed by atoms with Gasteiger partial charge in [-0.3, -0.25) is 9.69 Å². The smallest absolute Gasteiger partial charge is 0.178 e. The molecule has 5 nitrogen and oxygen atoms in total. The third-order valence-electron chi connectivity index (χ3n) is 4.53. The Labute approximate surface area is 153 Å². The van der Waals surface area contributed by atoms with E-state index in [9.17, 15) is 4.79 Å². The molecule has 3 rings (SSSR count). The summed E-state index contributed by atoms with van der Waals surface area (Å²) < 4.78 is 10.6. The third kappa shape index (κ3) is 3.89. The van der Waals surface area contributed by atoms with Gasteiger partial charge in [-0.1, -0.05) is 24.3 Å². The number of ketones is 1. The monoisotopic (exact) mass is 352 g/mol. The Hall–Kier alpha value is -2.79. The number of Topliss-reactive ketones (excluding diaryl/α,β-unsaturated/α-hetero) is 1. The third-order valence-corrected chi connectivity index (χ3v) is 4.53. The van der Waals surface area contributed by atoms with E-state index in [1.807, 2.05) is 54.4 Å². The number of rotatable bonds is 8. The van der Waals surface area contributed by atoms with E-state index < -0.39 is 0 Å². The van der Waals surface area contributed by atoms with Gasteiger partial charge in [0.1, 0.15) is 0 Å². The Bertz CT molecular complexity index is 901. The minimum atomic E-state index is 0.122. The first-order valence-corrected chi connectivity index (χ1v) is 8.61. The molecular weight excluding hydrogens is 328 g/mol. The van der Waals surface area contributed by atoms with Crippen molar-refractivity contribution in [2.24, 2.45) is 0 Å². The Morgan fingerprint density at radius 1 is 1.08 bits per heavy atom. The molecule has 5 heteroatoms. The molecule has 1 heterocycles. The molecule has 26 heavy (non-hydrogen) atoms. The van der Waals surface area contributed by atoms with Crippen molar-refractivity contribution >= 4 is 16.7 Å². The van der Waals surface area contributed by atoms with Crippen LogP contribution < -0.4 is 9.47 Å². The molecule has 0 spiro atoms. The van der Waals surface area contributed by atoms with Crippen LogP contribution in [-0.2, 0) is 6.42 Å². The summed E-state index contributed by atoms with van der Waals surface area (Å²) in [5.74, 6) is 1.57. The molecular formula is C21H24N2O3. The van der Waals surface area contributed by atoms with Crippen molar-refractivity contribution in [3.8, 4) is 11.5 Å². The summed E-state index contributed by atoms with van der Waals surface area (Å²) in [5, 5.41) is 0.978. The highest BCUT2D eigenvalue weighted by Gasteiger charge is 2.14. The number of aromatic amines is 1. The van der Waals surface area contributed by atoms with Crippen LogP contribution in [0.2, 0.25) is 0 Å². The van der Waals surface area contributed by atoms with Crippen LogP contribution in [-0.4, -0.2) is 50.0 Å². The van der Waals surface area contributed by atoms with E-state index >= 15 is 0 Å². The van der Waals surface area contributed by atoms with Crippen molar-refractivity contribution < 1.29 is 14.3 Å². The van der Waals surface area contributed by atoms with E-state index in [0.717, 1.165) is 46.5 Å². The van der Waals surface area contributed by atoms with Gasteiger partial charge in [0.2, 0.25) is 0 Å². The molecule has 0 atom stereocenters. The fourth-order valence-electron chi connectivity index (χ4n) is 3.07. The van der Waals surface area contributed by atoms with Crippen LogP contribution in [0.3, 0.4) is 0 Å². The van der Waals surface area contributed by atoms with Crippen LogP contribution in [0.5, 0.6) is 11.5 Å². The molecule has 1 aromatic heterocycles. The number of ether oxygens (including phenoxy) is 2.